The number of hydrogen-bond acceptors (Lipinski definition) is 6. The van der Waals surface area contributed by atoms with Crippen LogP contribution in [0, 0.1) is 0 Å². The van der Waals surface area contributed by atoms with Crippen molar-refractivity contribution in [1.29, 1.82) is 0 Å². The molecule has 96 valence electrons. The molecule has 6 heteroatoms. The normalized spacial score (nSPS) is 28.2. The van der Waals surface area contributed by atoms with Crippen LogP contribution in [-0.2, 0) is 20.6 Å². The van der Waals surface area contributed by atoms with E-state index in [4.69, 9.17) is 19.7 Å². The summed E-state index contributed by atoms with van der Waals surface area (Å²) in [6.45, 7) is 4.99. The van der Waals surface area contributed by atoms with Crippen molar-refractivity contribution in [3.63, 3.8) is 0 Å². The summed E-state index contributed by atoms with van der Waals surface area (Å²) in [5, 5.41) is 3.97. The SMILES string of the molecule is CCC(C)(OC)c1noc(C2(N)CCOC2)n1. The van der Waals surface area contributed by atoms with Gasteiger partial charge in [-0.2, -0.15) is 4.98 Å². The van der Waals surface area contributed by atoms with Crippen LogP contribution in [0.2, 0.25) is 0 Å². The van der Waals surface area contributed by atoms with Gasteiger partial charge in [0, 0.05) is 13.7 Å². The molecule has 1 fully saturated rings. The maximum Gasteiger partial charge on any atom is 0.249 e. The van der Waals surface area contributed by atoms with E-state index in [0.717, 1.165) is 6.42 Å². The van der Waals surface area contributed by atoms with Crippen molar-refractivity contribution in [1.82, 2.24) is 10.1 Å². The van der Waals surface area contributed by atoms with Gasteiger partial charge < -0.3 is 19.7 Å². The number of rotatable bonds is 4. The van der Waals surface area contributed by atoms with Crippen LogP contribution in [0.1, 0.15) is 38.4 Å². The molecular formula is C11H19N3O3. The highest BCUT2D eigenvalue weighted by atomic mass is 16.5. The van der Waals surface area contributed by atoms with Crippen molar-refractivity contribution in [3.8, 4) is 0 Å². The Bertz CT molecular complexity index is 363. The Morgan fingerprint density at radius 3 is 2.88 bits per heavy atom. The number of aromatic nitrogens is 2. The quantitative estimate of drug-likeness (QED) is 0.843. The predicted octanol–water partition coefficient (Wildman–Crippen LogP) is 0.916. The first kappa shape index (κ1) is 12.5. The molecule has 0 amide bonds. The van der Waals surface area contributed by atoms with Crippen LogP contribution in [0.4, 0.5) is 0 Å². The Morgan fingerprint density at radius 2 is 2.35 bits per heavy atom. The Kier molecular flexibility index (Phi) is 3.20. The van der Waals surface area contributed by atoms with E-state index in [1.165, 1.54) is 0 Å². The topological polar surface area (TPSA) is 83.4 Å². The molecule has 0 aliphatic carbocycles. The zero-order valence-electron chi connectivity index (χ0n) is 10.5. The van der Waals surface area contributed by atoms with Gasteiger partial charge in [-0.15, -0.1) is 0 Å². The van der Waals surface area contributed by atoms with Crippen LogP contribution < -0.4 is 5.73 Å². The highest BCUT2D eigenvalue weighted by Gasteiger charge is 2.40. The van der Waals surface area contributed by atoms with E-state index < -0.39 is 11.1 Å². The van der Waals surface area contributed by atoms with Gasteiger partial charge in [0.15, 0.2) is 0 Å². The zero-order valence-corrected chi connectivity index (χ0v) is 10.5. The first-order valence-corrected chi connectivity index (χ1v) is 5.80. The van der Waals surface area contributed by atoms with E-state index in [9.17, 15) is 0 Å². The molecule has 2 N–H and O–H groups in total. The van der Waals surface area contributed by atoms with Gasteiger partial charge in [0.2, 0.25) is 11.7 Å². The molecule has 2 atom stereocenters. The van der Waals surface area contributed by atoms with E-state index in [1.807, 2.05) is 13.8 Å². The average molecular weight is 241 g/mol. The fraction of sp³-hybridized carbons (Fsp3) is 0.818. The minimum Gasteiger partial charge on any atom is -0.379 e. The number of ether oxygens (including phenoxy) is 2. The molecule has 1 aliphatic rings. The molecule has 1 saturated heterocycles. The van der Waals surface area contributed by atoms with E-state index in [0.29, 0.717) is 31.3 Å². The predicted molar refractivity (Wildman–Crippen MR) is 60.3 cm³/mol. The lowest BCUT2D eigenvalue weighted by Crippen LogP contribution is -2.37. The highest BCUT2D eigenvalue weighted by molar-refractivity contribution is 5.07. The third-order valence-electron chi connectivity index (χ3n) is 3.50. The van der Waals surface area contributed by atoms with Crippen LogP contribution in [0.3, 0.4) is 0 Å². The van der Waals surface area contributed by atoms with Gasteiger partial charge in [-0.3, -0.25) is 0 Å². The van der Waals surface area contributed by atoms with Crippen LogP contribution in [0.25, 0.3) is 0 Å². The molecule has 2 rings (SSSR count). The lowest BCUT2D eigenvalue weighted by atomic mass is 10.00. The van der Waals surface area contributed by atoms with Crippen molar-refractivity contribution < 1.29 is 14.0 Å². The lowest BCUT2D eigenvalue weighted by molar-refractivity contribution is -0.0106. The summed E-state index contributed by atoms with van der Waals surface area (Å²) in [4.78, 5) is 4.37. The standard InChI is InChI=1S/C11H19N3O3/c1-4-10(2,15-3)8-13-9(17-14-8)11(12)5-6-16-7-11/h4-7,12H2,1-3H3. The lowest BCUT2D eigenvalue weighted by Gasteiger charge is -2.22. The summed E-state index contributed by atoms with van der Waals surface area (Å²) in [7, 11) is 1.64. The molecule has 1 aliphatic heterocycles. The van der Waals surface area contributed by atoms with Crippen LogP contribution in [0.15, 0.2) is 4.52 Å². The Balaban J connectivity index is 2.27. The summed E-state index contributed by atoms with van der Waals surface area (Å²) in [5.41, 5.74) is 4.98. The molecular weight excluding hydrogens is 222 g/mol. The fourth-order valence-corrected chi connectivity index (χ4v) is 1.78. The molecule has 0 spiro atoms. The van der Waals surface area contributed by atoms with E-state index in [1.54, 1.807) is 7.11 Å². The second kappa shape index (κ2) is 4.36. The molecule has 0 bridgehead atoms. The van der Waals surface area contributed by atoms with Crippen molar-refractivity contribution in [2.45, 2.75) is 37.8 Å². The summed E-state index contributed by atoms with van der Waals surface area (Å²) in [5.74, 6) is 0.968. The van der Waals surface area contributed by atoms with Crippen LogP contribution in [0.5, 0.6) is 0 Å². The molecule has 0 radical (unpaired) electrons. The number of methoxy groups -OCH3 is 1. The average Bonchev–Trinajstić information content (AvgIpc) is 2.97. The summed E-state index contributed by atoms with van der Waals surface area (Å²) in [6, 6.07) is 0. The molecule has 2 unspecified atom stereocenters. The van der Waals surface area contributed by atoms with Crippen molar-refractivity contribution in [2.75, 3.05) is 20.3 Å². The molecule has 1 aromatic heterocycles. The highest BCUT2D eigenvalue weighted by Crippen LogP contribution is 2.30. The number of nitrogens with two attached hydrogens (primary N) is 1. The maximum atomic E-state index is 6.16. The van der Waals surface area contributed by atoms with Crippen molar-refractivity contribution >= 4 is 0 Å². The third-order valence-corrected chi connectivity index (χ3v) is 3.50. The molecule has 6 nitrogen and oxygen atoms in total. The van der Waals surface area contributed by atoms with E-state index in [2.05, 4.69) is 10.1 Å². The van der Waals surface area contributed by atoms with Crippen LogP contribution in [-0.4, -0.2) is 30.5 Å². The van der Waals surface area contributed by atoms with Gasteiger partial charge in [0.25, 0.3) is 0 Å². The molecule has 1 aromatic rings. The van der Waals surface area contributed by atoms with Gasteiger partial charge in [-0.1, -0.05) is 12.1 Å². The summed E-state index contributed by atoms with van der Waals surface area (Å²) >= 11 is 0. The van der Waals surface area contributed by atoms with Crippen molar-refractivity contribution in [3.05, 3.63) is 11.7 Å². The maximum absolute atomic E-state index is 6.16. The van der Waals surface area contributed by atoms with Crippen molar-refractivity contribution in [2.24, 2.45) is 5.73 Å². The third kappa shape index (κ3) is 2.08. The zero-order chi connectivity index (χ0) is 12.5. The van der Waals surface area contributed by atoms with Crippen LogP contribution >= 0.6 is 0 Å². The van der Waals surface area contributed by atoms with Gasteiger partial charge in [-0.25, -0.2) is 0 Å². The first-order chi connectivity index (χ1) is 8.04. The molecule has 2 heterocycles. The number of hydrogen-bond donors (Lipinski definition) is 1. The largest absolute Gasteiger partial charge is 0.379 e. The second-order valence-corrected chi connectivity index (χ2v) is 4.67. The Morgan fingerprint density at radius 1 is 1.59 bits per heavy atom. The Hall–Kier alpha value is -0.980. The number of nitrogens with zero attached hydrogens (tertiary/aromatic N) is 2. The first-order valence-electron chi connectivity index (χ1n) is 5.80. The van der Waals surface area contributed by atoms with Gasteiger partial charge in [0.05, 0.1) is 6.61 Å². The van der Waals surface area contributed by atoms with E-state index >= 15 is 0 Å². The van der Waals surface area contributed by atoms with E-state index in [-0.39, 0.29) is 0 Å². The second-order valence-electron chi connectivity index (χ2n) is 4.67. The molecule has 0 aromatic carbocycles. The summed E-state index contributed by atoms with van der Waals surface area (Å²) < 4.78 is 16.0. The molecule has 0 saturated carbocycles. The monoisotopic (exact) mass is 241 g/mol. The fourth-order valence-electron chi connectivity index (χ4n) is 1.78. The minimum atomic E-state index is -0.645. The molecule has 17 heavy (non-hydrogen) atoms. The van der Waals surface area contributed by atoms with Gasteiger partial charge in [0.1, 0.15) is 11.1 Å². The van der Waals surface area contributed by atoms with Gasteiger partial charge >= 0.3 is 0 Å². The smallest absolute Gasteiger partial charge is 0.249 e. The van der Waals surface area contributed by atoms with Gasteiger partial charge in [-0.05, 0) is 19.8 Å². The Labute approximate surface area is 100 Å². The minimum absolute atomic E-state index is 0.421. The summed E-state index contributed by atoms with van der Waals surface area (Å²) in [6.07, 6.45) is 1.46.